The minimum Gasteiger partial charge on any atom is -0.264 e. The van der Waals surface area contributed by atoms with Crippen molar-refractivity contribution in [1.29, 1.82) is 0 Å². The predicted octanol–water partition coefficient (Wildman–Crippen LogP) is 1.90. The second-order valence-corrected chi connectivity index (χ2v) is 4.10. The molecule has 0 spiro atoms. The SMILES string of the molecule is Clc1cc2nnc(-c3cncs3)n2cn1. The molecule has 0 aliphatic rings. The molecule has 74 valence electrons. The molecule has 7 heteroatoms. The molecule has 0 aliphatic heterocycles. The third-order valence-corrected chi connectivity index (χ3v) is 2.90. The Labute approximate surface area is 93.4 Å². The van der Waals surface area contributed by atoms with E-state index in [1.807, 2.05) is 0 Å². The van der Waals surface area contributed by atoms with Gasteiger partial charge in [0.15, 0.2) is 11.5 Å². The van der Waals surface area contributed by atoms with E-state index in [9.17, 15) is 0 Å². The maximum Gasteiger partial charge on any atom is 0.181 e. The molecule has 0 saturated carbocycles. The fourth-order valence-electron chi connectivity index (χ4n) is 1.27. The van der Waals surface area contributed by atoms with Crippen molar-refractivity contribution in [3.8, 4) is 10.7 Å². The highest BCUT2D eigenvalue weighted by molar-refractivity contribution is 7.13. The number of halogens is 1. The Morgan fingerprint density at radius 1 is 1.33 bits per heavy atom. The highest BCUT2D eigenvalue weighted by Gasteiger charge is 2.09. The molecule has 0 saturated heterocycles. The van der Waals surface area contributed by atoms with Gasteiger partial charge in [-0.05, 0) is 0 Å². The first-order valence-corrected chi connectivity index (χ1v) is 5.35. The van der Waals surface area contributed by atoms with Crippen LogP contribution in [-0.2, 0) is 0 Å². The highest BCUT2D eigenvalue weighted by Crippen LogP contribution is 2.21. The van der Waals surface area contributed by atoms with Crippen LogP contribution in [0.3, 0.4) is 0 Å². The van der Waals surface area contributed by atoms with Crippen LogP contribution >= 0.6 is 22.9 Å². The zero-order chi connectivity index (χ0) is 10.3. The molecule has 0 aliphatic carbocycles. The minimum atomic E-state index is 0.408. The molecule has 3 aromatic heterocycles. The number of thiazole rings is 1. The van der Waals surface area contributed by atoms with Crippen molar-refractivity contribution < 1.29 is 0 Å². The van der Waals surface area contributed by atoms with Crippen molar-refractivity contribution in [2.75, 3.05) is 0 Å². The van der Waals surface area contributed by atoms with Gasteiger partial charge >= 0.3 is 0 Å². The fraction of sp³-hybridized carbons (Fsp3) is 0. The van der Waals surface area contributed by atoms with Crippen LogP contribution in [0.1, 0.15) is 0 Å². The first-order valence-electron chi connectivity index (χ1n) is 4.10. The lowest BCUT2D eigenvalue weighted by Gasteiger charge is -1.94. The first-order chi connectivity index (χ1) is 7.34. The van der Waals surface area contributed by atoms with Gasteiger partial charge < -0.3 is 0 Å². The van der Waals surface area contributed by atoms with Crippen LogP contribution in [0.4, 0.5) is 0 Å². The van der Waals surface area contributed by atoms with Gasteiger partial charge in [-0.25, -0.2) is 4.98 Å². The number of rotatable bonds is 1. The van der Waals surface area contributed by atoms with Crippen LogP contribution in [0, 0.1) is 0 Å². The van der Waals surface area contributed by atoms with E-state index in [-0.39, 0.29) is 0 Å². The molecule has 0 unspecified atom stereocenters. The summed E-state index contributed by atoms with van der Waals surface area (Å²) in [4.78, 5) is 8.93. The van der Waals surface area contributed by atoms with Gasteiger partial charge in [0.2, 0.25) is 0 Å². The monoisotopic (exact) mass is 237 g/mol. The fourth-order valence-corrected chi connectivity index (χ4v) is 2.01. The lowest BCUT2D eigenvalue weighted by molar-refractivity contribution is 1.08. The molecule has 3 aromatic rings. The summed E-state index contributed by atoms with van der Waals surface area (Å²) in [5.74, 6) is 0.733. The van der Waals surface area contributed by atoms with Crippen molar-refractivity contribution in [3.63, 3.8) is 0 Å². The third-order valence-electron chi connectivity index (χ3n) is 1.92. The van der Waals surface area contributed by atoms with Crippen LogP contribution in [0.15, 0.2) is 24.1 Å². The summed E-state index contributed by atoms with van der Waals surface area (Å²) in [7, 11) is 0. The Bertz CT molecular complexity index is 603. The van der Waals surface area contributed by atoms with Gasteiger partial charge in [-0.2, -0.15) is 0 Å². The van der Waals surface area contributed by atoms with E-state index in [1.165, 1.54) is 11.3 Å². The molecule has 0 atom stereocenters. The summed E-state index contributed by atoms with van der Waals surface area (Å²) < 4.78 is 1.78. The summed E-state index contributed by atoms with van der Waals surface area (Å²) in [5, 5.41) is 8.47. The zero-order valence-electron chi connectivity index (χ0n) is 7.33. The third kappa shape index (κ3) is 1.38. The van der Waals surface area contributed by atoms with Crippen LogP contribution in [-0.4, -0.2) is 24.6 Å². The highest BCUT2D eigenvalue weighted by atomic mass is 35.5. The number of aromatic nitrogens is 5. The molecule has 5 nitrogen and oxygen atoms in total. The summed E-state index contributed by atoms with van der Waals surface area (Å²) >= 11 is 7.26. The van der Waals surface area contributed by atoms with E-state index >= 15 is 0 Å². The predicted molar refractivity (Wildman–Crippen MR) is 56.9 cm³/mol. The molecule has 15 heavy (non-hydrogen) atoms. The summed E-state index contributed by atoms with van der Waals surface area (Å²) in [6.07, 6.45) is 3.35. The van der Waals surface area contributed by atoms with Crippen molar-refractivity contribution >= 4 is 28.6 Å². The molecule has 0 amide bonds. The van der Waals surface area contributed by atoms with E-state index < -0.39 is 0 Å². The zero-order valence-corrected chi connectivity index (χ0v) is 8.90. The van der Waals surface area contributed by atoms with Gasteiger partial charge in [0.1, 0.15) is 11.5 Å². The lowest BCUT2D eigenvalue weighted by Crippen LogP contribution is -1.89. The van der Waals surface area contributed by atoms with Crippen LogP contribution < -0.4 is 0 Å². The van der Waals surface area contributed by atoms with Crippen LogP contribution in [0.2, 0.25) is 5.15 Å². The van der Waals surface area contributed by atoms with Crippen LogP contribution in [0.5, 0.6) is 0 Å². The maximum absolute atomic E-state index is 5.75. The van der Waals surface area contributed by atoms with Crippen molar-refractivity contribution in [2.45, 2.75) is 0 Å². The number of nitrogens with zero attached hydrogens (tertiary/aromatic N) is 5. The molecule has 0 aromatic carbocycles. The number of fused-ring (bicyclic) bond motifs is 1. The van der Waals surface area contributed by atoms with Gasteiger partial charge in [-0.3, -0.25) is 9.38 Å². The minimum absolute atomic E-state index is 0.408. The van der Waals surface area contributed by atoms with Gasteiger partial charge in [0, 0.05) is 12.3 Å². The largest absolute Gasteiger partial charge is 0.264 e. The van der Waals surface area contributed by atoms with Crippen LogP contribution in [0.25, 0.3) is 16.3 Å². The van der Waals surface area contributed by atoms with Gasteiger partial charge in [0.25, 0.3) is 0 Å². The Hall–Kier alpha value is -1.53. The average molecular weight is 238 g/mol. The van der Waals surface area contributed by atoms with E-state index in [2.05, 4.69) is 20.2 Å². The topological polar surface area (TPSA) is 56.0 Å². The standard InChI is InChI=1S/C8H4ClN5S/c9-6-1-7-12-13-8(14(7)3-11-6)5-2-10-4-15-5/h1-4H. The number of hydrogen-bond acceptors (Lipinski definition) is 5. The van der Waals surface area contributed by atoms with E-state index in [4.69, 9.17) is 11.6 Å². The second kappa shape index (κ2) is 3.25. The quantitative estimate of drug-likeness (QED) is 0.607. The molecule has 0 N–H and O–H groups in total. The maximum atomic E-state index is 5.75. The average Bonchev–Trinajstić information content (AvgIpc) is 2.82. The van der Waals surface area contributed by atoms with Gasteiger partial charge in [-0.15, -0.1) is 21.5 Å². The van der Waals surface area contributed by atoms with E-state index in [0.29, 0.717) is 10.8 Å². The second-order valence-electron chi connectivity index (χ2n) is 2.83. The molecule has 3 rings (SSSR count). The smallest absolute Gasteiger partial charge is 0.181 e. The molecule has 0 bridgehead atoms. The van der Waals surface area contributed by atoms with Crippen molar-refractivity contribution in [1.82, 2.24) is 24.6 Å². The van der Waals surface area contributed by atoms with E-state index in [0.717, 1.165) is 10.7 Å². The summed E-state index contributed by atoms with van der Waals surface area (Å²) in [6, 6.07) is 1.67. The Balaban J connectivity index is 2.29. The molecule has 0 radical (unpaired) electrons. The van der Waals surface area contributed by atoms with Gasteiger partial charge in [-0.1, -0.05) is 11.6 Å². The molecular formula is C8H4ClN5S. The summed E-state index contributed by atoms with van der Waals surface area (Å²) in [5.41, 5.74) is 2.43. The van der Waals surface area contributed by atoms with E-state index in [1.54, 1.807) is 28.5 Å². The van der Waals surface area contributed by atoms with Gasteiger partial charge in [0.05, 0.1) is 10.4 Å². The lowest BCUT2D eigenvalue weighted by atomic mass is 10.5. The normalized spacial score (nSPS) is 11.0. The first kappa shape index (κ1) is 8.75. The molecule has 0 fully saturated rings. The Kier molecular flexibility index (Phi) is 1.90. The molecule has 3 heterocycles. The Morgan fingerprint density at radius 2 is 2.27 bits per heavy atom. The summed E-state index contributed by atoms with van der Waals surface area (Å²) in [6.45, 7) is 0. The Morgan fingerprint density at radius 3 is 3.07 bits per heavy atom. The van der Waals surface area contributed by atoms with Crippen molar-refractivity contribution in [3.05, 3.63) is 29.3 Å². The number of hydrogen-bond donors (Lipinski definition) is 0. The van der Waals surface area contributed by atoms with Crippen molar-refractivity contribution in [2.24, 2.45) is 0 Å². The molecular weight excluding hydrogens is 234 g/mol.